The van der Waals surface area contributed by atoms with Gasteiger partial charge in [0.25, 0.3) is 10.0 Å². The Morgan fingerprint density at radius 2 is 1.94 bits per heavy atom. The summed E-state index contributed by atoms with van der Waals surface area (Å²) in [7, 11) is -0.696. The molecule has 1 saturated heterocycles. The van der Waals surface area contributed by atoms with Crippen molar-refractivity contribution in [3.05, 3.63) is 46.9 Å². The fourth-order valence-electron chi connectivity index (χ4n) is 4.77. The number of hydrogen-bond donors (Lipinski definition) is 1. The number of benzene rings is 1. The number of sulfonamides is 1. The molecular weight excluding hydrogens is 453 g/mol. The number of fused-ring (bicyclic) bond motifs is 1. The molecule has 1 N–H and O–H groups in total. The van der Waals surface area contributed by atoms with Crippen LogP contribution in [-0.2, 0) is 10.0 Å². The molecule has 0 amide bonds. The van der Waals surface area contributed by atoms with Crippen LogP contribution in [0.4, 0.5) is 24.7 Å². The minimum atomic E-state index is -4.73. The number of halogens is 4. The van der Waals surface area contributed by atoms with E-state index in [1.165, 1.54) is 6.07 Å². The summed E-state index contributed by atoms with van der Waals surface area (Å²) in [5.74, 6) is -3.27. The number of nitrogens with zero attached hydrogens (tertiary/aromatic N) is 3. The zero-order valence-electron chi connectivity index (χ0n) is 16.9. The maximum absolute atomic E-state index is 15.0. The molecule has 1 aromatic heterocycles. The van der Waals surface area contributed by atoms with Crippen molar-refractivity contribution in [3.8, 4) is 0 Å². The Morgan fingerprint density at radius 1 is 1.19 bits per heavy atom. The molecule has 0 bridgehead atoms. The molecule has 2 aliphatic rings. The normalized spacial score (nSPS) is 23.5. The second kappa shape index (κ2) is 8.14. The summed E-state index contributed by atoms with van der Waals surface area (Å²) in [4.78, 5) is 6.11. The fourth-order valence-corrected chi connectivity index (χ4v) is 6.24. The van der Waals surface area contributed by atoms with Gasteiger partial charge in [-0.2, -0.15) is 4.39 Å². The smallest absolute Gasteiger partial charge is 0.268 e. The Hall–Kier alpha value is -2.04. The fraction of sp³-hybridized carbons (Fsp3) is 0.450. The number of hydrogen-bond acceptors (Lipinski definition) is 5. The van der Waals surface area contributed by atoms with Crippen LogP contribution in [0.25, 0.3) is 0 Å². The topological polar surface area (TPSA) is 65.5 Å². The molecule has 2 fully saturated rings. The molecule has 2 heterocycles. The largest absolute Gasteiger partial charge is 0.370 e. The van der Waals surface area contributed by atoms with Crippen molar-refractivity contribution in [3.63, 3.8) is 0 Å². The summed E-state index contributed by atoms with van der Waals surface area (Å²) in [5, 5.41) is -0.463. The molecule has 4 rings (SSSR count). The minimum absolute atomic E-state index is 0.131. The predicted octanol–water partition coefficient (Wildman–Crippen LogP) is 3.73. The first-order chi connectivity index (χ1) is 14.6. The number of rotatable bonds is 5. The van der Waals surface area contributed by atoms with Crippen LogP contribution in [0.15, 0.2) is 29.2 Å². The lowest BCUT2D eigenvalue weighted by Gasteiger charge is -2.27. The van der Waals surface area contributed by atoms with Gasteiger partial charge in [-0.05, 0) is 50.9 Å². The lowest BCUT2D eigenvalue weighted by molar-refractivity contribution is 0.237. The van der Waals surface area contributed by atoms with E-state index >= 15 is 4.39 Å². The van der Waals surface area contributed by atoms with Crippen LogP contribution in [-0.4, -0.2) is 51.5 Å². The molecule has 11 heteroatoms. The Balaban J connectivity index is 1.64. The van der Waals surface area contributed by atoms with Gasteiger partial charge in [0.1, 0.15) is 16.7 Å². The molecule has 3 atom stereocenters. The van der Waals surface area contributed by atoms with Crippen molar-refractivity contribution < 1.29 is 21.6 Å². The minimum Gasteiger partial charge on any atom is -0.370 e. The number of aromatic nitrogens is 1. The Labute approximate surface area is 184 Å². The Bertz CT molecular complexity index is 1120. The van der Waals surface area contributed by atoms with Crippen molar-refractivity contribution in [2.75, 3.05) is 36.8 Å². The Morgan fingerprint density at radius 3 is 2.61 bits per heavy atom. The first kappa shape index (κ1) is 22.2. The highest BCUT2D eigenvalue weighted by Crippen LogP contribution is 2.44. The van der Waals surface area contributed by atoms with E-state index < -0.39 is 43.3 Å². The molecule has 2 aromatic rings. The van der Waals surface area contributed by atoms with Crippen molar-refractivity contribution in [2.45, 2.75) is 23.8 Å². The lowest BCUT2D eigenvalue weighted by atomic mass is 9.97. The van der Waals surface area contributed by atoms with Crippen LogP contribution in [0.2, 0.25) is 5.02 Å². The first-order valence-corrected chi connectivity index (χ1v) is 11.7. The van der Waals surface area contributed by atoms with Gasteiger partial charge in [-0.3, -0.25) is 4.72 Å². The predicted molar refractivity (Wildman–Crippen MR) is 112 cm³/mol. The van der Waals surface area contributed by atoms with Gasteiger partial charge in [0.15, 0.2) is 10.7 Å². The van der Waals surface area contributed by atoms with Gasteiger partial charge in [0.2, 0.25) is 5.95 Å². The summed E-state index contributed by atoms with van der Waals surface area (Å²) in [6, 6.07) is 4.72. The van der Waals surface area contributed by atoms with Crippen molar-refractivity contribution >= 4 is 33.1 Å². The summed E-state index contributed by atoms with van der Waals surface area (Å²) in [6.07, 6.45) is 2.09. The molecule has 0 radical (unpaired) electrons. The zero-order valence-corrected chi connectivity index (χ0v) is 18.5. The highest BCUT2D eigenvalue weighted by atomic mass is 35.5. The van der Waals surface area contributed by atoms with E-state index in [2.05, 4.69) is 9.88 Å². The highest BCUT2D eigenvalue weighted by Gasteiger charge is 2.44. The van der Waals surface area contributed by atoms with Crippen LogP contribution in [0.5, 0.6) is 0 Å². The highest BCUT2D eigenvalue weighted by molar-refractivity contribution is 7.92. The van der Waals surface area contributed by atoms with Crippen LogP contribution >= 0.6 is 11.6 Å². The SMILES string of the molecule is CN(C)C1CCC2CN(c3cc(F)c(S(=O)(=O)Nc4cccc(F)n4)c(F)c3Cl)CC21. The van der Waals surface area contributed by atoms with Gasteiger partial charge in [-0.1, -0.05) is 17.7 Å². The molecule has 168 valence electrons. The van der Waals surface area contributed by atoms with E-state index in [1.54, 1.807) is 0 Å². The van der Waals surface area contributed by atoms with Crippen molar-refractivity contribution in [1.29, 1.82) is 0 Å². The molecule has 0 spiro atoms. The van der Waals surface area contributed by atoms with Gasteiger partial charge in [0, 0.05) is 25.2 Å². The van der Waals surface area contributed by atoms with Crippen LogP contribution in [0.1, 0.15) is 12.8 Å². The number of nitrogens with one attached hydrogen (secondary N) is 1. The quantitative estimate of drug-likeness (QED) is 0.528. The molecule has 3 unspecified atom stereocenters. The molecule has 1 aromatic carbocycles. The van der Waals surface area contributed by atoms with Gasteiger partial charge in [0.05, 0.1) is 5.69 Å². The first-order valence-electron chi connectivity index (χ1n) is 9.82. The van der Waals surface area contributed by atoms with Crippen molar-refractivity contribution in [2.24, 2.45) is 11.8 Å². The third-order valence-electron chi connectivity index (χ3n) is 6.14. The molecule has 31 heavy (non-hydrogen) atoms. The summed E-state index contributed by atoms with van der Waals surface area (Å²) in [5.41, 5.74) is 0.131. The molecule has 1 saturated carbocycles. The second-order valence-corrected chi connectivity index (χ2v) is 10.2. The zero-order chi connectivity index (χ0) is 22.5. The average Bonchev–Trinajstić information content (AvgIpc) is 3.24. The van der Waals surface area contributed by atoms with Crippen molar-refractivity contribution in [1.82, 2.24) is 9.88 Å². The van der Waals surface area contributed by atoms with E-state index in [0.717, 1.165) is 31.0 Å². The van der Waals surface area contributed by atoms with Gasteiger partial charge in [-0.15, -0.1) is 0 Å². The lowest BCUT2D eigenvalue weighted by Crippen LogP contribution is -2.35. The standard InChI is InChI=1S/C20H22ClF3N4O2S/c1-27(2)14-7-6-11-9-28(10-12(11)14)15-8-13(22)20(19(24)18(15)21)31(29,30)26-17-5-3-4-16(23)25-17/h3-5,8,11-12,14H,6-7,9-10H2,1-2H3,(H,25,26). The van der Waals surface area contributed by atoms with Crippen LogP contribution in [0, 0.1) is 29.4 Å². The van der Waals surface area contributed by atoms with E-state index in [0.29, 0.717) is 31.0 Å². The average molecular weight is 475 g/mol. The van der Waals surface area contributed by atoms with Gasteiger partial charge in [-0.25, -0.2) is 22.2 Å². The van der Waals surface area contributed by atoms with E-state index in [-0.39, 0.29) is 5.69 Å². The third-order valence-corrected chi connectivity index (χ3v) is 7.89. The maximum Gasteiger partial charge on any atom is 0.268 e. The van der Waals surface area contributed by atoms with E-state index in [1.807, 2.05) is 23.7 Å². The molecule has 1 aliphatic heterocycles. The van der Waals surface area contributed by atoms with E-state index in [4.69, 9.17) is 11.6 Å². The van der Waals surface area contributed by atoms with Crippen LogP contribution in [0.3, 0.4) is 0 Å². The van der Waals surface area contributed by atoms with Gasteiger partial charge < -0.3 is 9.80 Å². The van der Waals surface area contributed by atoms with Gasteiger partial charge >= 0.3 is 0 Å². The number of pyridine rings is 1. The molecular formula is C20H22ClF3N4O2S. The second-order valence-electron chi connectivity index (χ2n) is 8.22. The number of anilines is 2. The molecule has 1 aliphatic carbocycles. The van der Waals surface area contributed by atoms with Crippen LogP contribution < -0.4 is 9.62 Å². The Kier molecular flexibility index (Phi) is 5.82. The summed E-state index contributed by atoms with van der Waals surface area (Å²) in [6.45, 7) is 1.19. The summed E-state index contributed by atoms with van der Waals surface area (Å²) < 4.78 is 70.2. The maximum atomic E-state index is 15.0. The third kappa shape index (κ3) is 4.08. The molecule has 6 nitrogen and oxygen atoms in total. The van der Waals surface area contributed by atoms with E-state index in [9.17, 15) is 17.2 Å². The monoisotopic (exact) mass is 474 g/mol. The summed E-state index contributed by atoms with van der Waals surface area (Å²) >= 11 is 6.18.